The number of hydrogen-bond donors (Lipinski definition) is 2. The smallest absolute Gasteiger partial charge is 0.317 e. The SMILES string of the molecule is COCC1(CNC(=O)N2CCC(C)CC2)CCNCC1. The molecule has 2 aliphatic rings. The first-order chi connectivity index (χ1) is 9.65. The number of nitrogens with zero attached hydrogens (tertiary/aromatic N) is 1. The summed E-state index contributed by atoms with van der Waals surface area (Å²) in [6, 6.07) is 0.103. The van der Waals surface area contributed by atoms with Crippen LogP contribution in [-0.2, 0) is 4.74 Å². The van der Waals surface area contributed by atoms with E-state index in [-0.39, 0.29) is 11.4 Å². The van der Waals surface area contributed by atoms with Crippen LogP contribution in [0.2, 0.25) is 0 Å². The Morgan fingerprint density at radius 1 is 1.35 bits per heavy atom. The first-order valence-corrected chi connectivity index (χ1v) is 7.88. The molecule has 5 nitrogen and oxygen atoms in total. The summed E-state index contributed by atoms with van der Waals surface area (Å²) in [6.45, 7) is 7.54. The Morgan fingerprint density at radius 3 is 2.60 bits per heavy atom. The van der Waals surface area contributed by atoms with Crippen LogP contribution in [0, 0.1) is 11.3 Å². The van der Waals surface area contributed by atoms with Crippen LogP contribution in [0.4, 0.5) is 4.79 Å². The van der Waals surface area contributed by atoms with E-state index in [1.165, 1.54) is 0 Å². The van der Waals surface area contributed by atoms with E-state index >= 15 is 0 Å². The minimum Gasteiger partial charge on any atom is -0.384 e. The van der Waals surface area contributed by atoms with E-state index in [0.717, 1.165) is 70.9 Å². The Balaban J connectivity index is 1.81. The number of piperidine rings is 2. The highest BCUT2D eigenvalue weighted by Crippen LogP contribution is 2.28. The van der Waals surface area contributed by atoms with Gasteiger partial charge in [-0.1, -0.05) is 6.92 Å². The average molecular weight is 283 g/mol. The minimum absolute atomic E-state index is 0.103. The van der Waals surface area contributed by atoms with Crippen molar-refractivity contribution in [3.05, 3.63) is 0 Å². The van der Waals surface area contributed by atoms with Gasteiger partial charge in [-0.2, -0.15) is 0 Å². The molecule has 0 spiro atoms. The number of carbonyl (C=O) groups excluding carboxylic acids is 1. The van der Waals surface area contributed by atoms with Crippen LogP contribution >= 0.6 is 0 Å². The summed E-state index contributed by atoms with van der Waals surface area (Å²) in [5.74, 6) is 0.753. The molecule has 5 heteroatoms. The van der Waals surface area contributed by atoms with Gasteiger partial charge in [-0.05, 0) is 44.7 Å². The first-order valence-electron chi connectivity index (χ1n) is 7.88. The second-order valence-corrected chi connectivity index (χ2v) is 6.51. The van der Waals surface area contributed by atoms with Gasteiger partial charge in [0.1, 0.15) is 0 Å². The van der Waals surface area contributed by atoms with E-state index in [1.807, 2.05) is 4.90 Å². The van der Waals surface area contributed by atoms with Gasteiger partial charge < -0.3 is 20.3 Å². The van der Waals surface area contributed by atoms with Crippen LogP contribution in [0.1, 0.15) is 32.6 Å². The Hall–Kier alpha value is -0.810. The van der Waals surface area contributed by atoms with Crippen molar-refractivity contribution in [2.24, 2.45) is 11.3 Å². The fraction of sp³-hybridized carbons (Fsp3) is 0.933. The Morgan fingerprint density at radius 2 is 2.00 bits per heavy atom. The number of rotatable bonds is 4. The minimum atomic E-state index is 0.103. The van der Waals surface area contributed by atoms with Crippen molar-refractivity contribution >= 4 is 6.03 Å². The molecular weight excluding hydrogens is 254 g/mol. The average Bonchev–Trinajstić information content (AvgIpc) is 2.47. The molecule has 0 aromatic rings. The fourth-order valence-corrected chi connectivity index (χ4v) is 3.22. The van der Waals surface area contributed by atoms with Gasteiger partial charge in [-0.3, -0.25) is 0 Å². The van der Waals surface area contributed by atoms with E-state index in [1.54, 1.807) is 7.11 Å². The molecular formula is C15H29N3O2. The highest BCUT2D eigenvalue weighted by molar-refractivity contribution is 5.74. The number of amides is 2. The predicted molar refractivity (Wildman–Crippen MR) is 79.8 cm³/mol. The van der Waals surface area contributed by atoms with E-state index in [9.17, 15) is 4.79 Å². The fourth-order valence-electron chi connectivity index (χ4n) is 3.22. The Labute approximate surface area is 122 Å². The van der Waals surface area contributed by atoms with Gasteiger partial charge in [0.2, 0.25) is 0 Å². The van der Waals surface area contributed by atoms with Crippen LogP contribution in [0.15, 0.2) is 0 Å². The van der Waals surface area contributed by atoms with Crippen LogP contribution < -0.4 is 10.6 Å². The topological polar surface area (TPSA) is 53.6 Å². The molecule has 20 heavy (non-hydrogen) atoms. The number of methoxy groups -OCH3 is 1. The molecule has 0 unspecified atom stereocenters. The highest BCUT2D eigenvalue weighted by atomic mass is 16.5. The summed E-state index contributed by atoms with van der Waals surface area (Å²) in [5.41, 5.74) is 0.110. The third-order valence-electron chi connectivity index (χ3n) is 4.80. The molecule has 2 amide bonds. The molecule has 0 aliphatic carbocycles. The standard InChI is InChI=1S/C15H29N3O2/c1-13-3-9-18(10-4-13)14(19)17-11-15(12-20-2)5-7-16-8-6-15/h13,16H,3-12H2,1-2H3,(H,17,19). The van der Waals surface area contributed by atoms with Gasteiger partial charge in [-0.15, -0.1) is 0 Å². The van der Waals surface area contributed by atoms with Crippen molar-refractivity contribution in [3.8, 4) is 0 Å². The van der Waals surface area contributed by atoms with Crippen molar-refractivity contribution in [1.29, 1.82) is 0 Å². The summed E-state index contributed by atoms with van der Waals surface area (Å²) >= 11 is 0. The zero-order valence-electron chi connectivity index (χ0n) is 12.9. The third-order valence-corrected chi connectivity index (χ3v) is 4.80. The number of nitrogens with one attached hydrogen (secondary N) is 2. The van der Waals surface area contributed by atoms with Gasteiger partial charge in [-0.25, -0.2) is 4.79 Å². The quantitative estimate of drug-likeness (QED) is 0.821. The summed E-state index contributed by atoms with van der Waals surface area (Å²) in [6.07, 6.45) is 4.39. The number of carbonyl (C=O) groups is 1. The summed E-state index contributed by atoms with van der Waals surface area (Å²) in [7, 11) is 1.75. The van der Waals surface area contributed by atoms with E-state index < -0.39 is 0 Å². The van der Waals surface area contributed by atoms with Crippen LogP contribution in [0.5, 0.6) is 0 Å². The van der Waals surface area contributed by atoms with Gasteiger partial charge in [0.05, 0.1) is 6.61 Å². The van der Waals surface area contributed by atoms with Crippen molar-refractivity contribution in [1.82, 2.24) is 15.5 Å². The lowest BCUT2D eigenvalue weighted by Gasteiger charge is -2.38. The molecule has 0 radical (unpaired) electrons. The molecule has 2 N–H and O–H groups in total. The summed E-state index contributed by atoms with van der Waals surface area (Å²) in [4.78, 5) is 14.2. The van der Waals surface area contributed by atoms with Crippen LogP contribution in [0.3, 0.4) is 0 Å². The maximum Gasteiger partial charge on any atom is 0.317 e. The van der Waals surface area contributed by atoms with Gasteiger partial charge in [0, 0.05) is 32.2 Å². The van der Waals surface area contributed by atoms with E-state index in [0.29, 0.717) is 0 Å². The molecule has 0 atom stereocenters. The van der Waals surface area contributed by atoms with Crippen molar-refractivity contribution in [3.63, 3.8) is 0 Å². The molecule has 116 valence electrons. The van der Waals surface area contributed by atoms with E-state index in [4.69, 9.17) is 4.74 Å². The largest absolute Gasteiger partial charge is 0.384 e. The second kappa shape index (κ2) is 7.27. The van der Waals surface area contributed by atoms with Crippen LogP contribution in [0.25, 0.3) is 0 Å². The number of ether oxygens (including phenoxy) is 1. The summed E-state index contributed by atoms with van der Waals surface area (Å²) in [5, 5.41) is 6.52. The lowest BCUT2D eigenvalue weighted by Crippen LogP contribution is -2.51. The van der Waals surface area contributed by atoms with Gasteiger partial charge in [0.25, 0.3) is 0 Å². The van der Waals surface area contributed by atoms with Gasteiger partial charge in [0.15, 0.2) is 0 Å². The lowest BCUT2D eigenvalue weighted by molar-refractivity contribution is 0.0538. The zero-order valence-corrected chi connectivity index (χ0v) is 12.9. The maximum atomic E-state index is 12.3. The Bertz CT molecular complexity index is 303. The normalized spacial score (nSPS) is 23.6. The number of likely N-dealkylation sites (tertiary alicyclic amines) is 1. The first kappa shape index (κ1) is 15.6. The number of hydrogen-bond acceptors (Lipinski definition) is 3. The zero-order chi connectivity index (χ0) is 14.4. The van der Waals surface area contributed by atoms with Crippen molar-refractivity contribution < 1.29 is 9.53 Å². The van der Waals surface area contributed by atoms with E-state index in [2.05, 4.69) is 17.6 Å². The molecule has 2 saturated heterocycles. The molecule has 2 fully saturated rings. The monoisotopic (exact) mass is 283 g/mol. The molecule has 2 aliphatic heterocycles. The number of urea groups is 1. The van der Waals surface area contributed by atoms with Crippen molar-refractivity contribution in [2.75, 3.05) is 46.4 Å². The molecule has 0 aromatic heterocycles. The van der Waals surface area contributed by atoms with Crippen LogP contribution in [-0.4, -0.2) is 57.4 Å². The van der Waals surface area contributed by atoms with Gasteiger partial charge >= 0.3 is 6.03 Å². The molecule has 0 saturated carbocycles. The second-order valence-electron chi connectivity index (χ2n) is 6.51. The maximum absolute atomic E-state index is 12.3. The Kier molecular flexibility index (Phi) is 5.66. The molecule has 0 bridgehead atoms. The molecule has 2 rings (SSSR count). The van der Waals surface area contributed by atoms with Crippen molar-refractivity contribution in [2.45, 2.75) is 32.6 Å². The highest BCUT2D eigenvalue weighted by Gasteiger charge is 2.33. The lowest BCUT2D eigenvalue weighted by atomic mass is 9.79. The summed E-state index contributed by atoms with van der Waals surface area (Å²) < 4.78 is 5.38. The predicted octanol–water partition coefficient (Wildman–Crippen LogP) is 1.44. The molecule has 0 aromatic carbocycles. The third kappa shape index (κ3) is 4.09. The molecule has 2 heterocycles.